The minimum absolute atomic E-state index is 0.324. The Morgan fingerprint density at radius 1 is 1.41 bits per heavy atom. The molecule has 1 rings (SSSR count). The van der Waals surface area contributed by atoms with Gasteiger partial charge in [-0.05, 0) is 24.6 Å². The van der Waals surface area contributed by atoms with E-state index in [1.165, 1.54) is 20.2 Å². The van der Waals surface area contributed by atoms with Crippen molar-refractivity contribution in [1.82, 2.24) is 0 Å². The number of hydrogen-bond donors (Lipinski definition) is 1. The molecule has 0 fully saturated rings. The van der Waals surface area contributed by atoms with Crippen molar-refractivity contribution in [2.24, 2.45) is 0 Å². The molecular formula is C11H12ClNO4. The van der Waals surface area contributed by atoms with Gasteiger partial charge < -0.3 is 14.7 Å². The van der Waals surface area contributed by atoms with Gasteiger partial charge in [0.2, 0.25) is 0 Å². The predicted molar refractivity (Wildman–Crippen MR) is 63.8 cm³/mol. The Kier molecular flexibility index (Phi) is 3.96. The van der Waals surface area contributed by atoms with E-state index in [0.717, 1.165) is 10.5 Å². The second-order valence-electron chi connectivity index (χ2n) is 3.44. The van der Waals surface area contributed by atoms with Crippen LogP contribution in [0.25, 0.3) is 0 Å². The number of anilines is 1. The first-order valence-electron chi connectivity index (χ1n) is 4.73. The van der Waals surface area contributed by atoms with E-state index < -0.39 is 11.9 Å². The van der Waals surface area contributed by atoms with E-state index in [0.29, 0.717) is 16.5 Å². The number of ether oxygens (including phenoxy) is 1. The van der Waals surface area contributed by atoms with Gasteiger partial charge in [0.25, 0.3) is 0 Å². The van der Waals surface area contributed by atoms with Crippen molar-refractivity contribution in [2.45, 2.75) is 6.92 Å². The van der Waals surface area contributed by atoms with Gasteiger partial charge in [0.05, 0.1) is 12.8 Å². The molecule has 1 aromatic rings. The van der Waals surface area contributed by atoms with Crippen LogP contribution in [0.1, 0.15) is 5.56 Å². The van der Waals surface area contributed by atoms with Crippen LogP contribution in [0.4, 0.5) is 5.69 Å². The highest BCUT2D eigenvalue weighted by atomic mass is 35.5. The molecule has 0 bridgehead atoms. The molecule has 0 unspecified atom stereocenters. The van der Waals surface area contributed by atoms with Gasteiger partial charge in [0.15, 0.2) is 0 Å². The number of nitrogens with zero attached hydrogens (tertiary/aromatic N) is 1. The van der Waals surface area contributed by atoms with E-state index in [9.17, 15) is 9.59 Å². The summed E-state index contributed by atoms with van der Waals surface area (Å²) >= 11 is 5.87. The highest BCUT2D eigenvalue weighted by molar-refractivity contribution is 6.37. The van der Waals surface area contributed by atoms with Crippen LogP contribution in [-0.4, -0.2) is 31.1 Å². The van der Waals surface area contributed by atoms with Gasteiger partial charge in [-0.25, -0.2) is 4.79 Å². The molecule has 0 heterocycles. The fourth-order valence-corrected chi connectivity index (χ4v) is 1.75. The van der Waals surface area contributed by atoms with E-state index in [-0.39, 0.29) is 0 Å². The van der Waals surface area contributed by atoms with Crippen LogP contribution in [0, 0.1) is 6.92 Å². The fourth-order valence-electron chi connectivity index (χ4n) is 1.48. The van der Waals surface area contributed by atoms with E-state index >= 15 is 0 Å². The lowest BCUT2D eigenvalue weighted by atomic mass is 10.2. The third-order valence-electron chi connectivity index (χ3n) is 2.27. The van der Waals surface area contributed by atoms with Gasteiger partial charge >= 0.3 is 11.9 Å². The number of likely N-dealkylation sites (N-methyl/N-ethyl adjacent to an activating group) is 1. The molecule has 17 heavy (non-hydrogen) atoms. The number of carboxylic acids is 1. The van der Waals surface area contributed by atoms with E-state index in [1.54, 1.807) is 13.0 Å². The van der Waals surface area contributed by atoms with Crippen molar-refractivity contribution in [3.8, 4) is 5.75 Å². The Bertz CT molecular complexity index is 473. The number of carbonyl (C=O) groups excluding carboxylic acids is 1. The molecule has 0 aliphatic heterocycles. The molecule has 1 amide bonds. The Hall–Kier alpha value is -1.75. The number of hydrogen-bond acceptors (Lipinski definition) is 3. The lowest BCUT2D eigenvalue weighted by Crippen LogP contribution is -2.33. The first-order chi connectivity index (χ1) is 7.88. The topological polar surface area (TPSA) is 66.8 Å². The summed E-state index contributed by atoms with van der Waals surface area (Å²) in [6, 6.07) is 3.15. The summed E-state index contributed by atoms with van der Waals surface area (Å²) in [7, 11) is 2.79. The molecule has 0 aromatic heterocycles. The molecule has 1 N–H and O–H groups in total. The molecule has 92 valence electrons. The summed E-state index contributed by atoms with van der Waals surface area (Å²) in [6.07, 6.45) is 0. The summed E-state index contributed by atoms with van der Waals surface area (Å²) in [5.74, 6) is -2.16. The van der Waals surface area contributed by atoms with Crippen molar-refractivity contribution in [1.29, 1.82) is 0 Å². The zero-order chi connectivity index (χ0) is 13.2. The summed E-state index contributed by atoms with van der Waals surface area (Å²) in [4.78, 5) is 23.0. The lowest BCUT2D eigenvalue weighted by molar-refractivity contribution is -0.148. The Morgan fingerprint density at radius 3 is 2.47 bits per heavy atom. The Morgan fingerprint density at radius 2 is 2.00 bits per heavy atom. The minimum atomic E-state index is -1.54. The maximum absolute atomic E-state index is 11.4. The number of carbonyl (C=O) groups is 2. The smallest absolute Gasteiger partial charge is 0.394 e. The van der Waals surface area contributed by atoms with Gasteiger partial charge in [-0.2, -0.15) is 0 Å². The average Bonchev–Trinajstić information content (AvgIpc) is 2.25. The highest BCUT2D eigenvalue weighted by Crippen LogP contribution is 2.34. The summed E-state index contributed by atoms with van der Waals surface area (Å²) in [5.41, 5.74) is 1.05. The van der Waals surface area contributed by atoms with Gasteiger partial charge in [-0.15, -0.1) is 0 Å². The maximum Gasteiger partial charge on any atom is 0.394 e. The number of methoxy groups -OCH3 is 1. The van der Waals surface area contributed by atoms with Gasteiger partial charge in [-0.1, -0.05) is 11.6 Å². The lowest BCUT2D eigenvalue weighted by Gasteiger charge is -2.19. The first kappa shape index (κ1) is 13.3. The van der Waals surface area contributed by atoms with Crippen molar-refractivity contribution < 1.29 is 19.4 Å². The van der Waals surface area contributed by atoms with Crippen LogP contribution in [0.15, 0.2) is 12.1 Å². The third kappa shape index (κ3) is 2.68. The number of aliphatic carboxylic acids is 1. The minimum Gasteiger partial charge on any atom is -0.494 e. The number of halogens is 1. The summed E-state index contributed by atoms with van der Waals surface area (Å²) in [6.45, 7) is 1.76. The van der Waals surface area contributed by atoms with Crippen molar-refractivity contribution in [3.63, 3.8) is 0 Å². The molecule has 0 aliphatic rings. The Balaban J connectivity index is 3.29. The second-order valence-corrected chi connectivity index (χ2v) is 3.88. The molecule has 0 saturated heterocycles. The molecule has 6 heteroatoms. The molecule has 0 spiro atoms. The van der Waals surface area contributed by atoms with Crippen molar-refractivity contribution in [3.05, 3.63) is 22.7 Å². The monoisotopic (exact) mass is 257 g/mol. The number of aryl methyl sites for hydroxylation is 1. The zero-order valence-electron chi connectivity index (χ0n) is 9.65. The van der Waals surface area contributed by atoms with Crippen LogP contribution in [-0.2, 0) is 9.59 Å². The van der Waals surface area contributed by atoms with Crippen LogP contribution in [0.3, 0.4) is 0 Å². The molecule has 0 atom stereocenters. The van der Waals surface area contributed by atoms with Crippen molar-refractivity contribution >= 4 is 29.2 Å². The Labute approximate surface area is 104 Å². The fraction of sp³-hybridized carbons (Fsp3) is 0.273. The number of rotatable bonds is 2. The second kappa shape index (κ2) is 5.05. The normalized spacial score (nSPS) is 9.88. The predicted octanol–water partition coefficient (Wildman–Crippen LogP) is 1.70. The molecule has 0 aliphatic carbocycles. The maximum atomic E-state index is 11.4. The molecule has 5 nitrogen and oxygen atoms in total. The van der Waals surface area contributed by atoms with Crippen molar-refractivity contribution in [2.75, 3.05) is 19.1 Å². The zero-order valence-corrected chi connectivity index (χ0v) is 10.4. The first-order valence-corrected chi connectivity index (χ1v) is 5.11. The number of carboxylic acid groups (broad SMARTS) is 1. The van der Waals surface area contributed by atoms with E-state index in [1.807, 2.05) is 0 Å². The standard InChI is InChI=1S/C11H12ClNO4/c1-6-4-7(12)5-8(9(6)17-3)13(2)10(14)11(15)16/h4-5H,1-3H3,(H,15,16). The SMILES string of the molecule is COc1c(C)cc(Cl)cc1N(C)C(=O)C(=O)O. The largest absolute Gasteiger partial charge is 0.494 e. The van der Waals surface area contributed by atoms with Gasteiger partial charge in [0, 0.05) is 12.1 Å². The van der Waals surface area contributed by atoms with Gasteiger partial charge in [-0.3, -0.25) is 4.79 Å². The molecule has 0 saturated carbocycles. The van der Waals surface area contributed by atoms with Crippen LogP contribution < -0.4 is 9.64 Å². The van der Waals surface area contributed by atoms with Crippen LogP contribution in [0.5, 0.6) is 5.75 Å². The summed E-state index contributed by atoms with van der Waals surface area (Å²) in [5, 5.41) is 9.06. The highest BCUT2D eigenvalue weighted by Gasteiger charge is 2.22. The van der Waals surface area contributed by atoms with E-state index in [4.69, 9.17) is 21.4 Å². The molecule has 1 aromatic carbocycles. The van der Waals surface area contributed by atoms with Gasteiger partial charge in [0.1, 0.15) is 5.75 Å². The molecule has 0 radical (unpaired) electrons. The molecular weight excluding hydrogens is 246 g/mol. The average molecular weight is 258 g/mol. The van der Waals surface area contributed by atoms with E-state index in [2.05, 4.69) is 0 Å². The summed E-state index contributed by atoms with van der Waals surface area (Å²) < 4.78 is 5.14. The number of amides is 1. The number of benzene rings is 1. The third-order valence-corrected chi connectivity index (χ3v) is 2.49. The van der Waals surface area contributed by atoms with Crippen LogP contribution >= 0.6 is 11.6 Å². The van der Waals surface area contributed by atoms with Crippen LogP contribution in [0.2, 0.25) is 5.02 Å². The quantitative estimate of drug-likeness (QED) is 0.819.